The molecule has 1 heterocycles. The van der Waals surface area contributed by atoms with Crippen LogP contribution in [0.1, 0.15) is 33.1 Å². The summed E-state index contributed by atoms with van der Waals surface area (Å²) >= 11 is 0. The molecule has 0 aromatic heterocycles. The first-order chi connectivity index (χ1) is 4.25. The molecule has 54 valence electrons. The van der Waals surface area contributed by atoms with Crippen LogP contribution in [0.25, 0.3) is 0 Å². The van der Waals surface area contributed by atoms with Crippen molar-refractivity contribution in [2.75, 3.05) is 5.75 Å². The quantitative estimate of drug-likeness (QED) is 0.579. The van der Waals surface area contributed by atoms with Gasteiger partial charge >= 0.3 is 0 Å². The standard InChI is InChI=1S/C7H14OS/c1-3-7(4-2)5-6-9(7)8/h3-6H2,1-2H3. The topological polar surface area (TPSA) is 17.1 Å². The fraction of sp³-hybridized carbons (Fsp3) is 1.00. The van der Waals surface area contributed by atoms with Crippen molar-refractivity contribution in [3.05, 3.63) is 0 Å². The molecule has 0 amide bonds. The minimum Gasteiger partial charge on any atom is -0.259 e. The zero-order chi connectivity index (χ0) is 6.91. The van der Waals surface area contributed by atoms with Gasteiger partial charge in [0, 0.05) is 21.3 Å². The van der Waals surface area contributed by atoms with Gasteiger partial charge in [-0.05, 0) is 19.3 Å². The SMILES string of the molecule is CCC1(CC)CCS1=O. The third-order valence-corrected chi connectivity index (χ3v) is 4.84. The molecule has 1 saturated heterocycles. The third-order valence-electron chi connectivity index (χ3n) is 2.51. The maximum absolute atomic E-state index is 11.1. The van der Waals surface area contributed by atoms with Gasteiger partial charge < -0.3 is 0 Å². The smallest absolute Gasteiger partial charge is 0.0462 e. The van der Waals surface area contributed by atoms with Crippen molar-refractivity contribution in [1.82, 2.24) is 0 Å². The van der Waals surface area contributed by atoms with Crippen molar-refractivity contribution < 1.29 is 4.21 Å². The normalized spacial score (nSPS) is 31.6. The predicted molar refractivity (Wildman–Crippen MR) is 40.9 cm³/mol. The van der Waals surface area contributed by atoms with Crippen molar-refractivity contribution in [3.63, 3.8) is 0 Å². The Morgan fingerprint density at radius 1 is 1.44 bits per heavy atom. The molecule has 1 rings (SSSR count). The van der Waals surface area contributed by atoms with Gasteiger partial charge in [0.1, 0.15) is 0 Å². The Balaban J connectivity index is 2.58. The first-order valence-corrected chi connectivity index (χ1v) is 4.95. The van der Waals surface area contributed by atoms with Crippen LogP contribution in [0.2, 0.25) is 0 Å². The average molecular weight is 146 g/mol. The zero-order valence-corrected chi connectivity index (χ0v) is 6.96. The second-order valence-corrected chi connectivity index (χ2v) is 4.66. The maximum atomic E-state index is 11.1. The Hall–Kier alpha value is 0.150. The van der Waals surface area contributed by atoms with Gasteiger partial charge in [-0.3, -0.25) is 4.21 Å². The summed E-state index contributed by atoms with van der Waals surface area (Å²) in [6.07, 6.45) is 3.37. The Kier molecular flexibility index (Phi) is 1.94. The van der Waals surface area contributed by atoms with E-state index in [1.54, 1.807) is 0 Å². The second-order valence-electron chi connectivity index (χ2n) is 2.69. The van der Waals surface area contributed by atoms with E-state index >= 15 is 0 Å². The molecular weight excluding hydrogens is 132 g/mol. The minimum atomic E-state index is -0.488. The average Bonchev–Trinajstić information content (AvgIpc) is 1.89. The summed E-state index contributed by atoms with van der Waals surface area (Å²) in [7, 11) is -0.488. The largest absolute Gasteiger partial charge is 0.259 e. The lowest BCUT2D eigenvalue weighted by molar-refractivity contribution is 0.468. The van der Waals surface area contributed by atoms with E-state index in [0.717, 1.165) is 18.6 Å². The van der Waals surface area contributed by atoms with Gasteiger partial charge in [0.25, 0.3) is 0 Å². The Morgan fingerprint density at radius 2 is 2.00 bits per heavy atom. The second kappa shape index (κ2) is 2.41. The van der Waals surface area contributed by atoms with Crippen molar-refractivity contribution in [2.24, 2.45) is 0 Å². The molecule has 0 aromatic carbocycles. The molecule has 1 aliphatic heterocycles. The predicted octanol–water partition coefficient (Wildman–Crippen LogP) is 1.70. The lowest BCUT2D eigenvalue weighted by Crippen LogP contribution is -2.45. The first-order valence-electron chi connectivity index (χ1n) is 3.63. The van der Waals surface area contributed by atoms with Crippen LogP contribution in [0.5, 0.6) is 0 Å². The molecule has 1 aliphatic rings. The van der Waals surface area contributed by atoms with E-state index in [0.29, 0.717) is 0 Å². The molecular formula is C7H14OS. The summed E-state index contributed by atoms with van der Waals surface area (Å²) in [5.74, 6) is 0.946. The summed E-state index contributed by atoms with van der Waals surface area (Å²) < 4.78 is 11.4. The van der Waals surface area contributed by atoms with Gasteiger partial charge in [0.05, 0.1) is 0 Å². The van der Waals surface area contributed by atoms with Crippen LogP contribution in [0.3, 0.4) is 0 Å². The summed E-state index contributed by atoms with van der Waals surface area (Å²) in [5, 5.41) is 0. The first kappa shape index (κ1) is 7.26. The van der Waals surface area contributed by atoms with Crippen LogP contribution in [-0.4, -0.2) is 14.7 Å². The molecule has 0 radical (unpaired) electrons. The number of hydrogen-bond acceptors (Lipinski definition) is 1. The van der Waals surface area contributed by atoms with E-state index in [9.17, 15) is 4.21 Å². The summed E-state index contributed by atoms with van der Waals surface area (Å²) in [6, 6.07) is 0. The van der Waals surface area contributed by atoms with Gasteiger partial charge in [-0.2, -0.15) is 0 Å². The molecule has 9 heavy (non-hydrogen) atoms. The van der Waals surface area contributed by atoms with Crippen LogP contribution in [0.15, 0.2) is 0 Å². The Bertz CT molecular complexity index is 121. The van der Waals surface area contributed by atoms with Crippen LogP contribution in [0.4, 0.5) is 0 Å². The third kappa shape index (κ3) is 0.936. The highest BCUT2D eigenvalue weighted by Crippen LogP contribution is 2.36. The molecule has 2 heteroatoms. The maximum Gasteiger partial charge on any atom is 0.0462 e. The zero-order valence-electron chi connectivity index (χ0n) is 6.14. The number of rotatable bonds is 2. The minimum absolute atomic E-state index is 0.236. The van der Waals surface area contributed by atoms with Crippen LogP contribution in [-0.2, 0) is 10.8 Å². The molecule has 0 saturated carbocycles. The summed E-state index contributed by atoms with van der Waals surface area (Å²) in [5.41, 5.74) is 0. The van der Waals surface area contributed by atoms with Gasteiger partial charge in [-0.25, -0.2) is 0 Å². The highest BCUT2D eigenvalue weighted by molar-refractivity contribution is 7.87. The highest BCUT2D eigenvalue weighted by atomic mass is 32.2. The van der Waals surface area contributed by atoms with E-state index in [4.69, 9.17) is 0 Å². The molecule has 0 N–H and O–H groups in total. The fourth-order valence-electron chi connectivity index (χ4n) is 1.40. The van der Waals surface area contributed by atoms with E-state index in [2.05, 4.69) is 13.8 Å². The summed E-state index contributed by atoms with van der Waals surface area (Å²) in [6.45, 7) is 4.28. The molecule has 0 spiro atoms. The van der Waals surface area contributed by atoms with Gasteiger partial charge in [-0.1, -0.05) is 13.8 Å². The van der Waals surface area contributed by atoms with Gasteiger partial charge in [-0.15, -0.1) is 0 Å². The lowest BCUT2D eigenvalue weighted by Gasteiger charge is -2.39. The van der Waals surface area contributed by atoms with Crippen LogP contribution < -0.4 is 0 Å². The monoisotopic (exact) mass is 146 g/mol. The number of hydrogen-bond donors (Lipinski definition) is 0. The van der Waals surface area contributed by atoms with Crippen LogP contribution in [0, 0.1) is 0 Å². The van der Waals surface area contributed by atoms with Gasteiger partial charge in [0.2, 0.25) is 0 Å². The van der Waals surface area contributed by atoms with E-state index in [-0.39, 0.29) is 4.75 Å². The molecule has 1 atom stereocenters. The molecule has 0 aliphatic carbocycles. The Labute approximate surface area is 59.3 Å². The highest BCUT2D eigenvalue weighted by Gasteiger charge is 2.40. The van der Waals surface area contributed by atoms with Crippen molar-refractivity contribution in [2.45, 2.75) is 37.9 Å². The lowest BCUT2D eigenvalue weighted by atomic mass is 9.98. The van der Waals surface area contributed by atoms with Crippen molar-refractivity contribution in [1.29, 1.82) is 0 Å². The van der Waals surface area contributed by atoms with E-state index in [1.165, 1.54) is 6.42 Å². The fourth-order valence-corrected chi connectivity index (χ4v) is 2.99. The molecule has 1 fully saturated rings. The molecule has 1 unspecified atom stereocenters. The van der Waals surface area contributed by atoms with E-state index in [1.807, 2.05) is 0 Å². The molecule has 0 bridgehead atoms. The van der Waals surface area contributed by atoms with Crippen molar-refractivity contribution >= 4 is 10.8 Å². The van der Waals surface area contributed by atoms with Gasteiger partial charge in [0.15, 0.2) is 0 Å². The summed E-state index contributed by atoms with van der Waals surface area (Å²) in [4.78, 5) is 0. The van der Waals surface area contributed by atoms with Crippen LogP contribution >= 0.6 is 0 Å². The van der Waals surface area contributed by atoms with E-state index < -0.39 is 10.8 Å². The molecule has 0 aromatic rings. The molecule has 1 nitrogen and oxygen atoms in total. The van der Waals surface area contributed by atoms with Crippen molar-refractivity contribution in [3.8, 4) is 0 Å². The Morgan fingerprint density at radius 3 is 2.00 bits per heavy atom.